The minimum absolute atomic E-state index is 0.0537. The summed E-state index contributed by atoms with van der Waals surface area (Å²) in [6.07, 6.45) is 10.5. The second-order valence-corrected chi connectivity index (χ2v) is 7.92. The Hall–Kier alpha value is -2.31. The molecule has 2 aliphatic rings. The Morgan fingerprint density at radius 3 is 2.54 bits per heavy atom. The molecule has 0 aromatic carbocycles. The molecule has 1 saturated heterocycles. The van der Waals surface area contributed by atoms with Crippen molar-refractivity contribution in [1.29, 1.82) is 0 Å². The smallest absolute Gasteiger partial charge is 0.266 e. The standard InChI is InChI=1S/C21H33N5O2/c1-16(21(27)25(2)18-9-5-3-6-10-18)28-24-20(22)17-11-12-19(23-15-17)26-13-7-4-8-14-26/h11-12,15-16,18H,3-10,13-14H2,1-2H3,(H2,22,24). The van der Waals surface area contributed by atoms with E-state index in [0.29, 0.717) is 11.6 Å². The first-order valence-electron chi connectivity index (χ1n) is 10.5. The summed E-state index contributed by atoms with van der Waals surface area (Å²) >= 11 is 0. The van der Waals surface area contributed by atoms with Crippen LogP contribution in [0.1, 0.15) is 63.9 Å². The third-order valence-corrected chi connectivity index (χ3v) is 5.85. The van der Waals surface area contributed by atoms with Crippen molar-refractivity contribution >= 4 is 17.6 Å². The molecule has 154 valence electrons. The molecule has 1 unspecified atom stereocenters. The van der Waals surface area contributed by atoms with E-state index in [2.05, 4.69) is 15.0 Å². The van der Waals surface area contributed by atoms with Crippen molar-refractivity contribution in [3.63, 3.8) is 0 Å². The summed E-state index contributed by atoms with van der Waals surface area (Å²) in [6, 6.07) is 4.17. The molecule has 28 heavy (non-hydrogen) atoms. The highest BCUT2D eigenvalue weighted by Crippen LogP contribution is 2.22. The van der Waals surface area contributed by atoms with Crippen molar-refractivity contribution in [2.24, 2.45) is 10.9 Å². The van der Waals surface area contributed by atoms with Crippen LogP contribution < -0.4 is 10.6 Å². The number of hydrogen-bond acceptors (Lipinski definition) is 5. The molecule has 0 bridgehead atoms. The minimum Gasteiger partial charge on any atom is -0.381 e. The Morgan fingerprint density at radius 1 is 1.21 bits per heavy atom. The second kappa shape index (κ2) is 9.75. The highest BCUT2D eigenvalue weighted by atomic mass is 16.6. The minimum atomic E-state index is -0.661. The number of amides is 1. The highest BCUT2D eigenvalue weighted by Gasteiger charge is 2.26. The van der Waals surface area contributed by atoms with Crippen LogP contribution in [0.4, 0.5) is 5.82 Å². The average molecular weight is 388 g/mol. The van der Waals surface area contributed by atoms with E-state index in [1.807, 2.05) is 24.1 Å². The number of nitrogens with two attached hydrogens (primary N) is 1. The lowest BCUT2D eigenvalue weighted by molar-refractivity contribution is -0.144. The lowest BCUT2D eigenvalue weighted by Crippen LogP contribution is -2.43. The van der Waals surface area contributed by atoms with E-state index in [1.54, 1.807) is 13.1 Å². The van der Waals surface area contributed by atoms with Gasteiger partial charge in [0.25, 0.3) is 5.91 Å². The van der Waals surface area contributed by atoms with Crippen LogP contribution in [0.5, 0.6) is 0 Å². The molecule has 1 aromatic rings. The van der Waals surface area contributed by atoms with Gasteiger partial charge in [-0.05, 0) is 51.2 Å². The SMILES string of the molecule is CC(O/N=C(/N)c1ccc(N2CCCCC2)nc1)C(=O)N(C)C1CCCCC1. The molecule has 1 atom stereocenters. The Bertz CT molecular complexity index is 664. The van der Waals surface area contributed by atoms with Crippen molar-refractivity contribution in [2.45, 2.75) is 70.4 Å². The summed E-state index contributed by atoms with van der Waals surface area (Å²) in [6.45, 7) is 3.82. The largest absolute Gasteiger partial charge is 0.381 e. The van der Waals surface area contributed by atoms with Gasteiger partial charge in [0, 0.05) is 37.9 Å². The summed E-state index contributed by atoms with van der Waals surface area (Å²) in [5.74, 6) is 1.15. The molecule has 7 nitrogen and oxygen atoms in total. The summed E-state index contributed by atoms with van der Waals surface area (Å²) < 4.78 is 0. The fourth-order valence-electron chi connectivity index (χ4n) is 4.02. The van der Waals surface area contributed by atoms with E-state index in [1.165, 1.54) is 38.5 Å². The number of pyridine rings is 1. The molecule has 0 radical (unpaired) electrons. The van der Waals surface area contributed by atoms with Gasteiger partial charge in [0.15, 0.2) is 5.84 Å². The maximum atomic E-state index is 12.6. The Kier molecular flexibility index (Phi) is 7.12. The molecule has 1 aliphatic heterocycles. The number of hydrogen-bond donors (Lipinski definition) is 1. The van der Waals surface area contributed by atoms with Gasteiger partial charge in [-0.2, -0.15) is 0 Å². The van der Waals surface area contributed by atoms with Crippen LogP contribution in [-0.2, 0) is 9.63 Å². The van der Waals surface area contributed by atoms with E-state index in [0.717, 1.165) is 31.7 Å². The van der Waals surface area contributed by atoms with Crippen LogP contribution in [0.2, 0.25) is 0 Å². The van der Waals surface area contributed by atoms with Crippen LogP contribution in [0.25, 0.3) is 0 Å². The van der Waals surface area contributed by atoms with E-state index in [4.69, 9.17) is 10.6 Å². The monoisotopic (exact) mass is 387 g/mol. The lowest BCUT2D eigenvalue weighted by Gasteiger charge is -2.32. The molecular formula is C21H33N5O2. The van der Waals surface area contributed by atoms with Gasteiger partial charge in [-0.3, -0.25) is 4.79 Å². The van der Waals surface area contributed by atoms with Crippen LogP contribution >= 0.6 is 0 Å². The Balaban J connectivity index is 1.54. The van der Waals surface area contributed by atoms with E-state index in [9.17, 15) is 4.79 Å². The number of piperidine rings is 1. The number of nitrogens with zero attached hydrogens (tertiary/aromatic N) is 4. The fourth-order valence-corrected chi connectivity index (χ4v) is 4.02. The van der Waals surface area contributed by atoms with Crippen molar-refractivity contribution < 1.29 is 9.63 Å². The van der Waals surface area contributed by atoms with Gasteiger partial charge in [-0.1, -0.05) is 24.4 Å². The van der Waals surface area contributed by atoms with Crippen molar-refractivity contribution in [1.82, 2.24) is 9.88 Å². The molecule has 1 aromatic heterocycles. The molecule has 1 amide bonds. The van der Waals surface area contributed by atoms with Gasteiger partial charge < -0.3 is 20.4 Å². The summed E-state index contributed by atoms with van der Waals surface area (Å²) in [5.41, 5.74) is 6.73. The first-order valence-corrected chi connectivity index (χ1v) is 10.5. The van der Waals surface area contributed by atoms with E-state index < -0.39 is 6.10 Å². The number of rotatable bonds is 6. The zero-order valence-electron chi connectivity index (χ0n) is 17.1. The van der Waals surface area contributed by atoms with Crippen LogP contribution in [0.15, 0.2) is 23.5 Å². The Morgan fingerprint density at radius 2 is 1.89 bits per heavy atom. The first-order chi connectivity index (χ1) is 13.6. The van der Waals surface area contributed by atoms with Crippen LogP contribution in [0.3, 0.4) is 0 Å². The van der Waals surface area contributed by atoms with Crippen molar-refractivity contribution in [3.8, 4) is 0 Å². The molecule has 2 heterocycles. The first kappa shape index (κ1) is 20.4. The van der Waals surface area contributed by atoms with Gasteiger partial charge in [0.1, 0.15) is 5.82 Å². The molecule has 1 saturated carbocycles. The number of carbonyl (C=O) groups is 1. The van der Waals surface area contributed by atoms with Gasteiger partial charge in [0.2, 0.25) is 6.10 Å². The fraction of sp³-hybridized carbons (Fsp3) is 0.667. The number of aromatic nitrogens is 1. The number of oxime groups is 1. The van der Waals surface area contributed by atoms with Crippen molar-refractivity contribution in [2.75, 3.05) is 25.0 Å². The second-order valence-electron chi connectivity index (χ2n) is 7.92. The lowest BCUT2D eigenvalue weighted by atomic mass is 9.94. The molecule has 0 spiro atoms. The summed E-state index contributed by atoms with van der Waals surface area (Å²) in [7, 11) is 1.86. The van der Waals surface area contributed by atoms with Gasteiger partial charge in [0.05, 0.1) is 0 Å². The van der Waals surface area contributed by atoms with Gasteiger partial charge in [-0.15, -0.1) is 0 Å². The third kappa shape index (κ3) is 5.14. The summed E-state index contributed by atoms with van der Waals surface area (Å²) in [4.78, 5) is 26.6. The third-order valence-electron chi connectivity index (χ3n) is 5.85. The average Bonchev–Trinajstić information content (AvgIpc) is 2.77. The zero-order chi connectivity index (χ0) is 19.9. The number of amidine groups is 1. The quantitative estimate of drug-likeness (QED) is 0.461. The molecule has 1 aliphatic carbocycles. The maximum absolute atomic E-state index is 12.6. The highest BCUT2D eigenvalue weighted by molar-refractivity contribution is 5.97. The normalized spacial score (nSPS) is 19.9. The molecular weight excluding hydrogens is 354 g/mol. The topological polar surface area (TPSA) is 84.0 Å². The predicted octanol–water partition coefficient (Wildman–Crippen LogP) is 2.89. The zero-order valence-corrected chi connectivity index (χ0v) is 17.1. The molecule has 2 N–H and O–H groups in total. The number of anilines is 1. The van der Waals surface area contributed by atoms with E-state index in [-0.39, 0.29) is 11.7 Å². The molecule has 2 fully saturated rings. The van der Waals surface area contributed by atoms with E-state index >= 15 is 0 Å². The summed E-state index contributed by atoms with van der Waals surface area (Å²) in [5, 5.41) is 3.98. The Labute approximate surface area is 167 Å². The van der Waals surface area contributed by atoms with Gasteiger partial charge in [-0.25, -0.2) is 4.98 Å². The molecule has 3 rings (SSSR count). The van der Waals surface area contributed by atoms with Gasteiger partial charge >= 0.3 is 0 Å². The maximum Gasteiger partial charge on any atom is 0.266 e. The molecule has 7 heteroatoms. The number of carbonyl (C=O) groups excluding carboxylic acids is 1. The predicted molar refractivity (Wildman–Crippen MR) is 111 cm³/mol. The van der Waals surface area contributed by atoms with Crippen LogP contribution in [0, 0.1) is 0 Å². The van der Waals surface area contributed by atoms with Crippen LogP contribution in [-0.4, -0.2) is 53.9 Å². The number of likely N-dealkylation sites (N-methyl/N-ethyl adjacent to an activating group) is 1. The van der Waals surface area contributed by atoms with Crippen molar-refractivity contribution in [3.05, 3.63) is 23.9 Å².